The number of rotatable bonds is 1. The van der Waals surface area contributed by atoms with Gasteiger partial charge in [0.05, 0.1) is 15.1 Å². The van der Waals surface area contributed by atoms with E-state index in [0.717, 1.165) is 0 Å². The molecular formula is C7H2Cl4S2. The molecule has 0 saturated carbocycles. The van der Waals surface area contributed by atoms with Crippen LogP contribution in [0.3, 0.4) is 0 Å². The summed E-state index contributed by atoms with van der Waals surface area (Å²) in [6, 6.07) is 3.19. The normalized spacial score (nSPS) is 10.2. The molecular weight excluding hydrogens is 290 g/mol. The van der Waals surface area contributed by atoms with Gasteiger partial charge in [-0.25, -0.2) is 0 Å². The molecule has 0 N–H and O–H groups in total. The van der Waals surface area contributed by atoms with Crippen molar-refractivity contribution < 1.29 is 0 Å². The molecule has 0 aromatic heterocycles. The van der Waals surface area contributed by atoms with Crippen molar-refractivity contribution in [3.05, 3.63) is 27.2 Å². The fourth-order valence-electron chi connectivity index (χ4n) is 0.669. The molecule has 6 heteroatoms. The molecule has 0 bridgehead atoms. The second-order valence-corrected chi connectivity index (χ2v) is 5.80. The van der Waals surface area contributed by atoms with Crippen molar-refractivity contribution >= 4 is 74.0 Å². The Morgan fingerprint density at radius 3 is 2.15 bits per heavy atom. The highest BCUT2D eigenvalue weighted by Crippen LogP contribution is 2.35. The van der Waals surface area contributed by atoms with Crippen LogP contribution < -0.4 is 0 Å². The Morgan fingerprint density at radius 2 is 1.62 bits per heavy atom. The second-order valence-electron chi connectivity index (χ2n) is 2.04. The molecule has 0 amide bonds. The van der Waals surface area contributed by atoms with Crippen LogP contribution in [0.1, 0.15) is 0 Å². The maximum absolute atomic E-state index is 5.86. The van der Waals surface area contributed by atoms with Crippen LogP contribution in [0.5, 0.6) is 0 Å². The smallest absolute Gasteiger partial charge is 0.0830 e. The summed E-state index contributed by atoms with van der Waals surface area (Å²) in [7, 11) is 0. The maximum atomic E-state index is 5.86. The standard InChI is InChI=1S/C7H2Cl4S2/c8-3-1-5(10)6(2-4(3)9)13-7(11)12/h1-2H. The SMILES string of the molecule is S=C(Cl)Sc1cc(Cl)c(Cl)cc1Cl. The number of thioether (sulfide) groups is 1. The van der Waals surface area contributed by atoms with Gasteiger partial charge in [-0.1, -0.05) is 70.4 Å². The molecule has 0 spiro atoms. The molecule has 1 aromatic rings. The summed E-state index contributed by atoms with van der Waals surface area (Å²) >= 11 is 28.8. The van der Waals surface area contributed by atoms with Crippen molar-refractivity contribution in [1.29, 1.82) is 0 Å². The molecule has 1 aromatic carbocycles. The predicted molar refractivity (Wildman–Crippen MR) is 65.8 cm³/mol. The molecule has 0 radical (unpaired) electrons. The van der Waals surface area contributed by atoms with Crippen molar-refractivity contribution in [2.24, 2.45) is 0 Å². The van der Waals surface area contributed by atoms with Crippen LogP contribution in [0.4, 0.5) is 0 Å². The lowest BCUT2D eigenvalue weighted by Gasteiger charge is -2.03. The highest BCUT2D eigenvalue weighted by Gasteiger charge is 2.07. The van der Waals surface area contributed by atoms with Crippen molar-refractivity contribution in [3.8, 4) is 0 Å². The van der Waals surface area contributed by atoms with Crippen LogP contribution in [0.25, 0.3) is 0 Å². The first-order valence-electron chi connectivity index (χ1n) is 3.02. The van der Waals surface area contributed by atoms with Gasteiger partial charge in [-0.3, -0.25) is 0 Å². The Kier molecular flexibility index (Phi) is 4.63. The zero-order valence-electron chi connectivity index (χ0n) is 5.98. The summed E-state index contributed by atoms with van der Waals surface area (Å²) in [5.41, 5.74) is 0. The number of thiocarbonyl (C=S) groups is 1. The third-order valence-electron chi connectivity index (χ3n) is 1.17. The molecule has 0 saturated heterocycles. The Labute approximate surface area is 105 Å². The topological polar surface area (TPSA) is 0 Å². The van der Waals surface area contributed by atoms with Gasteiger partial charge in [-0.2, -0.15) is 0 Å². The quantitative estimate of drug-likeness (QED) is 0.299. The molecule has 0 unspecified atom stereocenters. The van der Waals surface area contributed by atoms with Gasteiger partial charge in [-0.15, -0.1) is 0 Å². The molecule has 0 atom stereocenters. The second kappa shape index (κ2) is 5.06. The van der Waals surface area contributed by atoms with E-state index < -0.39 is 0 Å². The van der Waals surface area contributed by atoms with Gasteiger partial charge < -0.3 is 0 Å². The van der Waals surface area contributed by atoms with E-state index in [-0.39, 0.29) is 3.66 Å². The predicted octanol–water partition coefficient (Wildman–Crippen LogP) is 5.26. The van der Waals surface area contributed by atoms with Gasteiger partial charge >= 0.3 is 0 Å². The highest BCUT2D eigenvalue weighted by molar-refractivity contribution is 8.26. The molecule has 70 valence electrons. The van der Waals surface area contributed by atoms with Crippen LogP contribution in [-0.2, 0) is 0 Å². The first-order valence-corrected chi connectivity index (χ1v) is 5.76. The van der Waals surface area contributed by atoms with E-state index in [1.807, 2.05) is 0 Å². The Bertz CT molecular complexity index is 351. The van der Waals surface area contributed by atoms with E-state index in [0.29, 0.717) is 20.0 Å². The summed E-state index contributed by atoms with van der Waals surface area (Å²) in [4.78, 5) is 0.705. The zero-order chi connectivity index (χ0) is 10.0. The van der Waals surface area contributed by atoms with E-state index in [9.17, 15) is 0 Å². The molecule has 13 heavy (non-hydrogen) atoms. The van der Waals surface area contributed by atoms with Crippen LogP contribution in [0.2, 0.25) is 15.1 Å². The van der Waals surface area contributed by atoms with E-state index in [1.165, 1.54) is 11.8 Å². The van der Waals surface area contributed by atoms with Crippen LogP contribution in [-0.4, -0.2) is 3.66 Å². The van der Waals surface area contributed by atoms with E-state index in [4.69, 9.17) is 58.6 Å². The molecule has 0 aliphatic rings. The average Bonchev–Trinajstić information content (AvgIpc) is 1.99. The summed E-state index contributed by atoms with van der Waals surface area (Å²) in [6.45, 7) is 0. The van der Waals surface area contributed by atoms with Gasteiger partial charge in [0.2, 0.25) is 0 Å². The minimum atomic E-state index is 0.264. The Hall–Kier alpha value is 0.820. The van der Waals surface area contributed by atoms with Gasteiger partial charge in [-0.05, 0) is 12.1 Å². The van der Waals surface area contributed by atoms with Gasteiger partial charge in [0.1, 0.15) is 3.66 Å². The largest absolute Gasteiger partial charge is 0.141 e. The average molecular weight is 292 g/mol. The number of hydrogen-bond acceptors (Lipinski definition) is 2. The summed E-state index contributed by atoms with van der Waals surface area (Å²) in [5, 5.41) is 1.33. The molecule has 0 fully saturated rings. The maximum Gasteiger partial charge on any atom is 0.141 e. The van der Waals surface area contributed by atoms with Gasteiger partial charge in [0, 0.05) is 4.90 Å². The zero-order valence-corrected chi connectivity index (χ0v) is 10.6. The third-order valence-corrected chi connectivity index (χ3v) is 3.51. The minimum absolute atomic E-state index is 0.264. The third kappa shape index (κ3) is 3.46. The minimum Gasteiger partial charge on any atom is -0.0830 e. The van der Waals surface area contributed by atoms with E-state index in [2.05, 4.69) is 0 Å². The fraction of sp³-hybridized carbons (Fsp3) is 0. The lowest BCUT2D eigenvalue weighted by molar-refractivity contribution is 1.47. The molecule has 0 aliphatic heterocycles. The highest BCUT2D eigenvalue weighted by atomic mass is 35.5. The van der Waals surface area contributed by atoms with Crippen LogP contribution in [0.15, 0.2) is 17.0 Å². The Morgan fingerprint density at radius 1 is 1.08 bits per heavy atom. The van der Waals surface area contributed by atoms with E-state index in [1.54, 1.807) is 12.1 Å². The van der Waals surface area contributed by atoms with E-state index >= 15 is 0 Å². The molecule has 0 heterocycles. The number of benzene rings is 1. The first-order chi connectivity index (χ1) is 6.00. The first kappa shape index (κ1) is 11.9. The molecule has 0 aliphatic carbocycles. The summed E-state index contributed by atoms with van der Waals surface area (Å²) in [6.07, 6.45) is 0. The summed E-state index contributed by atoms with van der Waals surface area (Å²) in [5.74, 6) is 0. The lowest BCUT2D eigenvalue weighted by atomic mass is 10.4. The number of halogens is 4. The fourth-order valence-corrected chi connectivity index (χ4v) is 2.42. The molecule has 0 nitrogen and oxygen atoms in total. The van der Waals surface area contributed by atoms with Crippen molar-refractivity contribution in [2.75, 3.05) is 0 Å². The Balaban J connectivity index is 3.08. The van der Waals surface area contributed by atoms with Crippen molar-refractivity contribution in [2.45, 2.75) is 4.90 Å². The summed E-state index contributed by atoms with van der Waals surface area (Å²) < 4.78 is 0.264. The monoisotopic (exact) mass is 290 g/mol. The number of hydrogen-bond donors (Lipinski definition) is 0. The van der Waals surface area contributed by atoms with Crippen LogP contribution >= 0.6 is 70.4 Å². The van der Waals surface area contributed by atoms with Crippen molar-refractivity contribution in [3.63, 3.8) is 0 Å². The van der Waals surface area contributed by atoms with Gasteiger partial charge in [0.25, 0.3) is 0 Å². The molecule has 1 rings (SSSR count). The lowest BCUT2D eigenvalue weighted by Crippen LogP contribution is -1.79. The van der Waals surface area contributed by atoms with Crippen LogP contribution in [0, 0.1) is 0 Å². The van der Waals surface area contributed by atoms with Gasteiger partial charge in [0.15, 0.2) is 0 Å². The van der Waals surface area contributed by atoms with Crippen molar-refractivity contribution in [1.82, 2.24) is 0 Å².